The van der Waals surface area contributed by atoms with Crippen molar-refractivity contribution in [1.29, 1.82) is 0 Å². The fraction of sp³-hybridized carbons (Fsp3) is 0.250. The van der Waals surface area contributed by atoms with Gasteiger partial charge in [-0.05, 0) is 36.8 Å². The van der Waals surface area contributed by atoms with Crippen molar-refractivity contribution in [3.05, 3.63) is 65.7 Å². The maximum absolute atomic E-state index is 12.5. The van der Waals surface area contributed by atoms with E-state index in [4.69, 9.17) is 10.5 Å². The summed E-state index contributed by atoms with van der Waals surface area (Å²) in [7, 11) is 0. The van der Waals surface area contributed by atoms with Gasteiger partial charge in [-0.1, -0.05) is 30.3 Å². The molecule has 0 saturated heterocycles. The minimum atomic E-state index is -4.35. The van der Waals surface area contributed by atoms with Gasteiger partial charge in [0.2, 0.25) is 0 Å². The standard InChI is InChI=1S/C16H16F3NO/c1-11(20)15(12-5-3-2-4-6-12)21-14-9-7-13(8-10-14)16(17,18)19/h2-11,15H,20H2,1H3. The molecule has 0 spiro atoms. The number of hydrogen-bond donors (Lipinski definition) is 1. The highest BCUT2D eigenvalue weighted by atomic mass is 19.4. The number of halogens is 3. The molecule has 2 atom stereocenters. The highest BCUT2D eigenvalue weighted by Gasteiger charge is 2.30. The summed E-state index contributed by atoms with van der Waals surface area (Å²) in [6, 6.07) is 13.7. The van der Waals surface area contributed by atoms with E-state index in [0.717, 1.165) is 17.7 Å². The van der Waals surface area contributed by atoms with Crippen LogP contribution in [0.2, 0.25) is 0 Å². The molecule has 0 fully saturated rings. The summed E-state index contributed by atoms with van der Waals surface area (Å²) >= 11 is 0. The van der Waals surface area contributed by atoms with Crippen LogP contribution in [0.5, 0.6) is 5.75 Å². The number of ether oxygens (including phenoxy) is 1. The van der Waals surface area contributed by atoms with Crippen LogP contribution in [0.15, 0.2) is 54.6 Å². The van der Waals surface area contributed by atoms with Crippen LogP contribution in [0.4, 0.5) is 13.2 Å². The minimum absolute atomic E-state index is 0.297. The summed E-state index contributed by atoms with van der Waals surface area (Å²) in [5, 5.41) is 0. The van der Waals surface area contributed by atoms with Gasteiger partial charge in [0.1, 0.15) is 11.9 Å². The summed E-state index contributed by atoms with van der Waals surface area (Å²) in [4.78, 5) is 0. The largest absolute Gasteiger partial charge is 0.484 e. The van der Waals surface area contributed by atoms with Crippen molar-refractivity contribution >= 4 is 0 Å². The van der Waals surface area contributed by atoms with Crippen LogP contribution in [-0.4, -0.2) is 6.04 Å². The Labute approximate surface area is 121 Å². The van der Waals surface area contributed by atoms with Crippen molar-refractivity contribution in [2.75, 3.05) is 0 Å². The van der Waals surface area contributed by atoms with E-state index >= 15 is 0 Å². The molecule has 0 aromatic heterocycles. The van der Waals surface area contributed by atoms with Gasteiger partial charge in [0.25, 0.3) is 0 Å². The Bertz CT molecular complexity index is 564. The molecule has 0 bridgehead atoms. The van der Waals surface area contributed by atoms with Crippen molar-refractivity contribution < 1.29 is 17.9 Å². The molecule has 2 nitrogen and oxygen atoms in total. The second-order valence-corrected chi connectivity index (χ2v) is 4.83. The van der Waals surface area contributed by atoms with Gasteiger partial charge in [-0.2, -0.15) is 13.2 Å². The molecule has 0 aliphatic heterocycles. The van der Waals surface area contributed by atoms with E-state index in [-0.39, 0.29) is 6.04 Å². The van der Waals surface area contributed by atoms with Crippen molar-refractivity contribution in [3.63, 3.8) is 0 Å². The van der Waals surface area contributed by atoms with Gasteiger partial charge in [0.05, 0.1) is 5.56 Å². The van der Waals surface area contributed by atoms with E-state index < -0.39 is 17.8 Å². The van der Waals surface area contributed by atoms with Gasteiger partial charge in [-0.3, -0.25) is 0 Å². The van der Waals surface area contributed by atoms with Crippen molar-refractivity contribution in [2.24, 2.45) is 5.73 Å². The highest BCUT2D eigenvalue weighted by Crippen LogP contribution is 2.31. The molecule has 0 radical (unpaired) electrons. The van der Waals surface area contributed by atoms with Crippen molar-refractivity contribution in [1.82, 2.24) is 0 Å². The van der Waals surface area contributed by atoms with E-state index in [1.165, 1.54) is 12.1 Å². The maximum Gasteiger partial charge on any atom is 0.416 e. The average Bonchev–Trinajstić information content (AvgIpc) is 2.45. The first-order valence-electron chi connectivity index (χ1n) is 6.52. The smallest absolute Gasteiger partial charge is 0.416 e. The quantitative estimate of drug-likeness (QED) is 0.918. The molecule has 112 valence electrons. The number of nitrogens with two attached hydrogens (primary N) is 1. The third-order valence-corrected chi connectivity index (χ3v) is 3.05. The second-order valence-electron chi connectivity index (χ2n) is 4.83. The van der Waals surface area contributed by atoms with Gasteiger partial charge in [-0.15, -0.1) is 0 Å². The van der Waals surface area contributed by atoms with Crippen LogP contribution in [0.3, 0.4) is 0 Å². The van der Waals surface area contributed by atoms with E-state index in [1.807, 2.05) is 30.3 Å². The minimum Gasteiger partial charge on any atom is -0.484 e. The highest BCUT2D eigenvalue weighted by molar-refractivity contribution is 5.30. The Morgan fingerprint density at radius 2 is 1.52 bits per heavy atom. The predicted octanol–water partition coefficient (Wildman–Crippen LogP) is 4.17. The zero-order valence-corrected chi connectivity index (χ0v) is 11.5. The normalized spacial score (nSPS) is 14.5. The summed E-state index contributed by atoms with van der Waals surface area (Å²) in [5.41, 5.74) is 6.09. The first kappa shape index (κ1) is 15.4. The van der Waals surface area contributed by atoms with Gasteiger partial charge in [0.15, 0.2) is 0 Å². The van der Waals surface area contributed by atoms with Crippen LogP contribution < -0.4 is 10.5 Å². The SMILES string of the molecule is CC(N)C(Oc1ccc(C(F)(F)F)cc1)c1ccccc1. The molecule has 0 aliphatic carbocycles. The molecular formula is C16H16F3NO. The van der Waals surface area contributed by atoms with Crippen LogP contribution in [-0.2, 0) is 6.18 Å². The van der Waals surface area contributed by atoms with E-state index in [9.17, 15) is 13.2 Å². The topological polar surface area (TPSA) is 35.2 Å². The Morgan fingerprint density at radius 1 is 0.952 bits per heavy atom. The fourth-order valence-corrected chi connectivity index (χ4v) is 1.99. The van der Waals surface area contributed by atoms with Crippen molar-refractivity contribution in [3.8, 4) is 5.75 Å². The molecule has 0 amide bonds. The summed E-state index contributed by atoms with van der Waals surface area (Å²) in [6.45, 7) is 1.79. The number of alkyl halides is 3. The third-order valence-electron chi connectivity index (χ3n) is 3.05. The lowest BCUT2D eigenvalue weighted by atomic mass is 10.0. The number of rotatable bonds is 4. The van der Waals surface area contributed by atoms with E-state index in [2.05, 4.69) is 0 Å². The lowest BCUT2D eigenvalue weighted by Gasteiger charge is -2.23. The molecule has 0 heterocycles. The molecule has 0 aliphatic rings. The zero-order valence-electron chi connectivity index (χ0n) is 11.5. The molecule has 2 N–H and O–H groups in total. The van der Waals surface area contributed by atoms with Crippen LogP contribution in [0.25, 0.3) is 0 Å². The molecule has 21 heavy (non-hydrogen) atoms. The Kier molecular flexibility index (Phi) is 4.53. The van der Waals surface area contributed by atoms with Crippen LogP contribution >= 0.6 is 0 Å². The van der Waals surface area contributed by atoms with E-state index in [0.29, 0.717) is 5.75 Å². The molecule has 2 aromatic rings. The average molecular weight is 295 g/mol. The monoisotopic (exact) mass is 295 g/mol. The van der Waals surface area contributed by atoms with Gasteiger partial charge in [-0.25, -0.2) is 0 Å². The zero-order chi connectivity index (χ0) is 15.5. The molecular weight excluding hydrogens is 279 g/mol. The van der Waals surface area contributed by atoms with Crippen LogP contribution in [0, 0.1) is 0 Å². The summed E-state index contributed by atoms with van der Waals surface area (Å²) < 4.78 is 43.3. The Balaban J connectivity index is 2.18. The van der Waals surface area contributed by atoms with Gasteiger partial charge < -0.3 is 10.5 Å². The summed E-state index contributed by atoms with van der Waals surface area (Å²) in [6.07, 6.45) is -4.76. The fourth-order valence-electron chi connectivity index (χ4n) is 1.99. The molecule has 2 rings (SSSR count). The summed E-state index contributed by atoms with van der Waals surface area (Å²) in [5.74, 6) is 0.356. The van der Waals surface area contributed by atoms with E-state index in [1.54, 1.807) is 6.92 Å². The first-order valence-corrected chi connectivity index (χ1v) is 6.52. The van der Waals surface area contributed by atoms with Gasteiger partial charge in [0, 0.05) is 6.04 Å². The van der Waals surface area contributed by atoms with Crippen molar-refractivity contribution in [2.45, 2.75) is 25.2 Å². The van der Waals surface area contributed by atoms with Gasteiger partial charge >= 0.3 is 6.18 Å². The molecule has 5 heteroatoms. The Hall–Kier alpha value is -2.01. The number of benzene rings is 2. The lowest BCUT2D eigenvalue weighted by molar-refractivity contribution is -0.137. The molecule has 2 unspecified atom stereocenters. The maximum atomic E-state index is 12.5. The molecule has 0 saturated carbocycles. The third kappa shape index (κ3) is 3.98. The van der Waals surface area contributed by atoms with Crippen LogP contribution in [0.1, 0.15) is 24.2 Å². The lowest BCUT2D eigenvalue weighted by Crippen LogP contribution is -2.29. The molecule has 2 aromatic carbocycles. The second kappa shape index (κ2) is 6.18. The number of hydrogen-bond acceptors (Lipinski definition) is 2. The predicted molar refractivity (Wildman–Crippen MR) is 74.9 cm³/mol. The Morgan fingerprint density at radius 3 is 2.00 bits per heavy atom. The first-order chi connectivity index (χ1) is 9.88.